The van der Waals surface area contributed by atoms with E-state index in [-0.39, 0.29) is 5.75 Å². The molecule has 9 heteroatoms. The van der Waals surface area contributed by atoms with Gasteiger partial charge in [0, 0.05) is 16.5 Å². The summed E-state index contributed by atoms with van der Waals surface area (Å²) in [4.78, 5) is 33.2. The molecule has 0 aromatic rings. The zero-order chi connectivity index (χ0) is 15.1. The highest BCUT2D eigenvalue weighted by atomic mass is 33.1. The monoisotopic (exact) mass is 311 g/mol. The summed E-state index contributed by atoms with van der Waals surface area (Å²) in [5.41, 5.74) is -0.707. The number of hydrogen-bond acceptors (Lipinski definition) is 7. The van der Waals surface area contributed by atoms with Crippen LogP contribution in [0, 0.1) is 0 Å². The van der Waals surface area contributed by atoms with Crippen molar-refractivity contribution >= 4 is 39.0 Å². The normalized spacial score (nSPS) is 12.4. The third-order valence-electron chi connectivity index (χ3n) is 1.52. The summed E-state index contributed by atoms with van der Waals surface area (Å²) >= 11 is 0. The van der Waals surface area contributed by atoms with Gasteiger partial charge in [0.2, 0.25) is 0 Å². The summed E-state index contributed by atoms with van der Waals surface area (Å²) in [5, 5.41) is 10.6. The Kier molecular flexibility index (Phi) is 7.69. The molecular weight excluding hydrogens is 294 g/mol. The van der Waals surface area contributed by atoms with Gasteiger partial charge in [0.25, 0.3) is 0 Å². The fourth-order valence-electron chi connectivity index (χ4n) is 0.809. The SMILES string of the molecule is COC(=O)SSC[C@H](NC(=O)OC(C)(C)C)C(=O)O. The van der Waals surface area contributed by atoms with Crippen LogP contribution in [0.3, 0.4) is 0 Å². The van der Waals surface area contributed by atoms with E-state index in [1.807, 2.05) is 0 Å². The van der Waals surface area contributed by atoms with E-state index < -0.39 is 29.0 Å². The zero-order valence-corrected chi connectivity index (χ0v) is 12.7. The predicted molar refractivity (Wildman–Crippen MR) is 73.2 cm³/mol. The fraction of sp³-hybridized carbons (Fsp3) is 0.700. The Balaban J connectivity index is 4.23. The number of carbonyl (C=O) groups is 3. The van der Waals surface area contributed by atoms with Gasteiger partial charge in [0.05, 0.1) is 7.11 Å². The third-order valence-corrected chi connectivity index (χ3v) is 3.58. The molecule has 0 bridgehead atoms. The van der Waals surface area contributed by atoms with Gasteiger partial charge in [-0.05, 0) is 20.8 Å². The van der Waals surface area contributed by atoms with Crippen molar-refractivity contribution in [3.8, 4) is 0 Å². The smallest absolute Gasteiger partial charge is 0.408 e. The van der Waals surface area contributed by atoms with Crippen LogP contribution in [0.2, 0.25) is 0 Å². The van der Waals surface area contributed by atoms with Crippen LogP contribution in [0.25, 0.3) is 0 Å². The number of nitrogens with one attached hydrogen (secondary N) is 1. The number of aliphatic carboxylic acids is 1. The van der Waals surface area contributed by atoms with E-state index in [1.54, 1.807) is 20.8 Å². The number of carbonyl (C=O) groups excluding carboxylic acids is 2. The molecule has 0 aromatic heterocycles. The Morgan fingerprint density at radius 1 is 1.32 bits per heavy atom. The van der Waals surface area contributed by atoms with Crippen LogP contribution >= 0.6 is 21.6 Å². The van der Waals surface area contributed by atoms with Crippen LogP contribution in [-0.2, 0) is 14.3 Å². The maximum absolute atomic E-state index is 11.4. The summed E-state index contributed by atoms with van der Waals surface area (Å²) < 4.78 is 9.33. The van der Waals surface area contributed by atoms with Crippen molar-refractivity contribution < 1.29 is 29.0 Å². The van der Waals surface area contributed by atoms with Crippen molar-refractivity contribution in [1.82, 2.24) is 5.32 Å². The number of carboxylic acids is 1. The van der Waals surface area contributed by atoms with Crippen molar-refractivity contribution in [2.24, 2.45) is 0 Å². The fourth-order valence-corrected chi connectivity index (χ4v) is 2.51. The Hall–Kier alpha value is -1.09. The van der Waals surface area contributed by atoms with E-state index in [2.05, 4.69) is 10.1 Å². The van der Waals surface area contributed by atoms with Crippen molar-refractivity contribution in [2.45, 2.75) is 32.4 Å². The first-order chi connectivity index (χ1) is 8.65. The Morgan fingerprint density at radius 2 is 1.89 bits per heavy atom. The number of rotatable bonds is 5. The molecule has 0 rings (SSSR count). The number of carboxylic acid groups (broad SMARTS) is 1. The molecule has 0 heterocycles. The molecule has 1 amide bonds. The number of ether oxygens (including phenoxy) is 2. The first kappa shape index (κ1) is 17.9. The molecule has 0 aromatic carbocycles. The Bertz CT molecular complexity index is 341. The molecule has 2 N–H and O–H groups in total. The van der Waals surface area contributed by atoms with Gasteiger partial charge >= 0.3 is 17.4 Å². The minimum absolute atomic E-state index is 0.00828. The molecule has 7 nitrogen and oxygen atoms in total. The quantitative estimate of drug-likeness (QED) is 0.588. The Labute approximate surface area is 119 Å². The summed E-state index contributed by atoms with van der Waals surface area (Å²) in [6.07, 6.45) is -0.816. The van der Waals surface area contributed by atoms with E-state index in [1.165, 1.54) is 7.11 Å². The summed E-state index contributed by atoms with van der Waals surface area (Å²) in [6.45, 7) is 5.01. The van der Waals surface area contributed by atoms with Gasteiger partial charge in [-0.2, -0.15) is 0 Å². The predicted octanol–water partition coefficient (Wildman–Crippen LogP) is 2.11. The Morgan fingerprint density at radius 3 is 2.32 bits per heavy atom. The van der Waals surface area contributed by atoms with E-state index in [4.69, 9.17) is 9.84 Å². The first-order valence-corrected chi connectivity index (χ1v) is 7.57. The minimum Gasteiger partial charge on any atom is -0.480 e. The number of alkyl carbamates (subject to hydrolysis) is 1. The van der Waals surface area contributed by atoms with Crippen LogP contribution in [0.5, 0.6) is 0 Å². The van der Waals surface area contributed by atoms with Crippen LogP contribution in [0.15, 0.2) is 0 Å². The lowest BCUT2D eigenvalue weighted by atomic mass is 10.2. The molecule has 110 valence electrons. The molecule has 0 saturated heterocycles. The standard InChI is InChI=1S/C10H17NO6S2/c1-10(2,3)17-8(14)11-6(7(12)13)5-18-19-9(15)16-4/h6H,5H2,1-4H3,(H,11,14)(H,12,13)/t6-/m0/s1. The van der Waals surface area contributed by atoms with E-state index in [9.17, 15) is 14.4 Å². The van der Waals surface area contributed by atoms with Gasteiger partial charge in [-0.1, -0.05) is 10.8 Å². The van der Waals surface area contributed by atoms with E-state index in [0.717, 1.165) is 21.6 Å². The van der Waals surface area contributed by atoms with Crippen LogP contribution in [0.4, 0.5) is 9.59 Å². The van der Waals surface area contributed by atoms with Gasteiger partial charge in [-0.25, -0.2) is 14.4 Å². The number of hydrogen-bond donors (Lipinski definition) is 2. The molecule has 0 saturated carbocycles. The van der Waals surface area contributed by atoms with Crippen LogP contribution in [-0.4, -0.2) is 47.0 Å². The largest absolute Gasteiger partial charge is 0.480 e. The van der Waals surface area contributed by atoms with E-state index in [0.29, 0.717) is 0 Å². The van der Waals surface area contributed by atoms with Crippen molar-refractivity contribution in [3.63, 3.8) is 0 Å². The zero-order valence-electron chi connectivity index (χ0n) is 11.1. The maximum atomic E-state index is 11.4. The van der Waals surface area contributed by atoms with Crippen molar-refractivity contribution in [2.75, 3.05) is 12.9 Å². The molecular formula is C10H17NO6S2. The molecule has 0 radical (unpaired) electrons. The third kappa shape index (κ3) is 9.48. The van der Waals surface area contributed by atoms with Gasteiger partial charge < -0.3 is 19.9 Å². The molecule has 0 fully saturated rings. The first-order valence-electron chi connectivity index (χ1n) is 5.25. The second kappa shape index (κ2) is 8.16. The molecule has 0 aliphatic rings. The maximum Gasteiger partial charge on any atom is 0.408 e. The van der Waals surface area contributed by atoms with Gasteiger partial charge in [0.15, 0.2) is 0 Å². The molecule has 0 aliphatic carbocycles. The van der Waals surface area contributed by atoms with Gasteiger partial charge in [0.1, 0.15) is 11.6 Å². The van der Waals surface area contributed by atoms with E-state index >= 15 is 0 Å². The lowest BCUT2D eigenvalue weighted by Crippen LogP contribution is -2.44. The average molecular weight is 311 g/mol. The highest BCUT2D eigenvalue weighted by Gasteiger charge is 2.24. The lowest BCUT2D eigenvalue weighted by Gasteiger charge is -2.21. The second-order valence-corrected chi connectivity index (χ2v) is 6.64. The second-order valence-electron chi connectivity index (χ2n) is 4.36. The molecule has 0 spiro atoms. The van der Waals surface area contributed by atoms with Crippen LogP contribution < -0.4 is 5.32 Å². The molecule has 1 atom stereocenters. The van der Waals surface area contributed by atoms with Crippen LogP contribution in [0.1, 0.15) is 20.8 Å². The van der Waals surface area contributed by atoms with Crippen molar-refractivity contribution in [3.05, 3.63) is 0 Å². The summed E-state index contributed by atoms with van der Waals surface area (Å²) in [6, 6.07) is -1.14. The van der Waals surface area contributed by atoms with Gasteiger partial charge in [-0.15, -0.1) is 0 Å². The average Bonchev–Trinajstić information content (AvgIpc) is 2.24. The summed E-state index contributed by atoms with van der Waals surface area (Å²) in [5.74, 6) is -1.20. The topological polar surface area (TPSA) is 102 Å². The van der Waals surface area contributed by atoms with Gasteiger partial charge in [-0.3, -0.25) is 0 Å². The molecule has 0 aliphatic heterocycles. The number of methoxy groups -OCH3 is 1. The lowest BCUT2D eigenvalue weighted by molar-refractivity contribution is -0.138. The minimum atomic E-state index is -1.20. The summed E-state index contributed by atoms with van der Waals surface area (Å²) in [7, 11) is 2.96. The van der Waals surface area contributed by atoms with Crippen molar-refractivity contribution in [1.29, 1.82) is 0 Å². The molecule has 19 heavy (non-hydrogen) atoms. The number of amides is 1. The molecule has 0 unspecified atom stereocenters. The highest BCUT2D eigenvalue weighted by Crippen LogP contribution is 2.24. The highest BCUT2D eigenvalue weighted by molar-refractivity contribution is 8.82.